The molecule has 1 rings (SSSR count). The van der Waals surface area contributed by atoms with Gasteiger partial charge in [-0.25, -0.2) is 0 Å². The third kappa shape index (κ3) is 4.30. The van der Waals surface area contributed by atoms with Gasteiger partial charge < -0.3 is 9.64 Å². The second kappa shape index (κ2) is 7.10. The quantitative estimate of drug-likeness (QED) is 0.439. The number of alkyl halides is 3. The van der Waals surface area contributed by atoms with Gasteiger partial charge in [0, 0.05) is 19.2 Å². The van der Waals surface area contributed by atoms with Crippen LogP contribution in [0.25, 0.3) is 0 Å². The van der Waals surface area contributed by atoms with E-state index in [9.17, 15) is 38.2 Å². The predicted octanol–water partition coefficient (Wildman–Crippen LogP) is 2.52. The van der Waals surface area contributed by atoms with E-state index in [1.54, 1.807) is 0 Å². The lowest BCUT2D eigenvalue weighted by atomic mass is 10.1. The van der Waals surface area contributed by atoms with E-state index in [1.807, 2.05) is 0 Å². The van der Waals surface area contributed by atoms with Crippen LogP contribution < -0.4 is 4.90 Å². The van der Waals surface area contributed by atoms with Crippen molar-refractivity contribution in [3.63, 3.8) is 0 Å². The summed E-state index contributed by atoms with van der Waals surface area (Å²) in [5, 5.41) is 22.1. The van der Waals surface area contributed by atoms with Crippen LogP contribution in [0.2, 0.25) is 0 Å². The topological polar surface area (TPSA) is 116 Å². The number of carbonyl (C=O) groups is 1. The second-order valence-corrected chi connectivity index (χ2v) is 4.54. The molecule has 0 unspecified atom stereocenters. The smallest absolute Gasteiger partial charge is 0.416 e. The SMILES string of the molecule is CCOC(=O)CN(C)c1c([N+](=O)[O-])cc(C(F)(F)F)cc1[N+](=O)[O-]. The lowest BCUT2D eigenvalue weighted by Crippen LogP contribution is -2.28. The zero-order valence-electron chi connectivity index (χ0n) is 12.5. The lowest BCUT2D eigenvalue weighted by molar-refractivity contribution is -0.393. The van der Waals surface area contributed by atoms with Gasteiger partial charge in [0.25, 0.3) is 11.4 Å². The zero-order valence-corrected chi connectivity index (χ0v) is 12.5. The predicted molar refractivity (Wildman–Crippen MR) is 74.7 cm³/mol. The molecule has 0 bridgehead atoms. The van der Waals surface area contributed by atoms with Crippen LogP contribution >= 0.6 is 0 Å². The third-order valence-corrected chi connectivity index (χ3v) is 2.84. The van der Waals surface area contributed by atoms with E-state index in [-0.39, 0.29) is 18.7 Å². The molecule has 0 radical (unpaired) electrons. The number of rotatable bonds is 6. The Morgan fingerprint density at radius 1 is 1.21 bits per heavy atom. The average Bonchev–Trinajstić information content (AvgIpc) is 2.44. The fraction of sp³-hybridized carbons (Fsp3) is 0.417. The van der Waals surface area contributed by atoms with E-state index < -0.39 is 51.2 Å². The number of benzene rings is 1. The van der Waals surface area contributed by atoms with Crippen molar-refractivity contribution in [3.05, 3.63) is 37.9 Å². The van der Waals surface area contributed by atoms with E-state index in [0.717, 1.165) is 11.9 Å². The van der Waals surface area contributed by atoms with Gasteiger partial charge in [0.05, 0.1) is 22.0 Å². The maximum absolute atomic E-state index is 12.8. The molecule has 0 spiro atoms. The average molecular weight is 351 g/mol. The monoisotopic (exact) mass is 351 g/mol. The third-order valence-electron chi connectivity index (χ3n) is 2.84. The number of hydrogen-bond donors (Lipinski definition) is 0. The molecule has 0 atom stereocenters. The Kier molecular flexibility index (Phi) is 5.66. The van der Waals surface area contributed by atoms with E-state index >= 15 is 0 Å². The molecule has 0 aliphatic carbocycles. The Hall–Kier alpha value is -2.92. The Balaban J connectivity index is 3.53. The molecule has 0 saturated carbocycles. The number of esters is 1. The van der Waals surface area contributed by atoms with Crippen LogP contribution in [-0.2, 0) is 15.7 Å². The number of nitro benzene ring substituents is 2. The maximum Gasteiger partial charge on any atom is 0.416 e. The van der Waals surface area contributed by atoms with Crippen LogP contribution in [-0.4, -0.2) is 36.0 Å². The van der Waals surface area contributed by atoms with Gasteiger partial charge in [-0.1, -0.05) is 0 Å². The molecule has 9 nitrogen and oxygen atoms in total. The number of anilines is 1. The fourth-order valence-electron chi connectivity index (χ4n) is 1.92. The molecule has 0 fully saturated rings. The van der Waals surface area contributed by atoms with E-state index in [0.29, 0.717) is 0 Å². The molecule has 0 amide bonds. The molecule has 12 heteroatoms. The molecule has 132 valence electrons. The summed E-state index contributed by atoms with van der Waals surface area (Å²) in [4.78, 5) is 32.0. The molecule has 0 aliphatic heterocycles. The van der Waals surface area contributed by atoms with E-state index in [1.165, 1.54) is 6.92 Å². The Morgan fingerprint density at radius 3 is 2.00 bits per heavy atom. The maximum atomic E-state index is 12.8. The highest BCUT2D eigenvalue weighted by Gasteiger charge is 2.38. The van der Waals surface area contributed by atoms with Crippen LogP contribution in [0.3, 0.4) is 0 Å². The molecule has 0 N–H and O–H groups in total. The summed E-state index contributed by atoms with van der Waals surface area (Å²) in [6, 6.07) is 0.369. The first kappa shape index (κ1) is 19.1. The van der Waals surface area contributed by atoms with Gasteiger partial charge in [-0.15, -0.1) is 0 Å². The van der Waals surface area contributed by atoms with Gasteiger partial charge in [0.2, 0.25) is 0 Å². The van der Waals surface area contributed by atoms with E-state index in [2.05, 4.69) is 4.74 Å². The first-order valence-electron chi connectivity index (χ1n) is 6.39. The summed E-state index contributed by atoms with van der Waals surface area (Å²) in [6.07, 6.45) is -5.01. The van der Waals surface area contributed by atoms with Crippen LogP contribution in [0.5, 0.6) is 0 Å². The van der Waals surface area contributed by atoms with Crippen molar-refractivity contribution in [2.45, 2.75) is 13.1 Å². The van der Waals surface area contributed by atoms with Crippen molar-refractivity contribution >= 4 is 23.0 Å². The summed E-state index contributed by atoms with van der Waals surface area (Å²) in [5.41, 5.74) is -4.52. The molecular weight excluding hydrogens is 339 g/mol. The van der Waals surface area contributed by atoms with Crippen LogP contribution in [0.15, 0.2) is 12.1 Å². The minimum atomic E-state index is -5.01. The highest BCUT2D eigenvalue weighted by Crippen LogP contribution is 2.42. The lowest BCUT2D eigenvalue weighted by Gasteiger charge is -2.19. The van der Waals surface area contributed by atoms with Gasteiger partial charge in [-0.05, 0) is 6.92 Å². The molecule has 0 heterocycles. The van der Waals surface area contributed by atoms with Crippen LogP contribution in [0.4, 0.5) is 30.2 Å². The standard InChI is InChI=1S/C12H12F3N3O6/c1-3-24-10(19)6-16(2)11-8(17(20)21)4-7(12(13,14)15)5-9(11)18(22)23/h4-5H,3,6H2,1-2H3. The number of ether oxygens (including phenoxy) is 1. The first-order valence-corrected chi connectivity index (χ1v) is 6.39. The van der Waals surface area contributed by atoms with Gasteiger partial charge in [-0.3, -0.25) is 25.0 Å². The second-order valence-electron chi connectivity index (χ2n) is 4.54. The van der Waals surface area contributed by atoms with Gasteiger partial charge in [0.15, 0.2) is 5.69 Å². The number of hydrogen-bond acceptors (Lipinski definition) is 7. The largest absolute Gasteiger partial charge is 0.465 e. The fourth-order valence-corrected chi connectivity index (χ4v) is 1.92. The Bertz CT molecular complexity index is 641. The number of carbonyl (C=O) groups excluding carboxylic acids is 1. The first-order chi connectivity index (χ1) is 11.0. The summed E-state index contributed by atoms with van der Waals surface area (Å²) in [7, 11) is 1.10. The summed E-state index contributed by atoms with van der Waals surface area (Å²) in [6.45, 7) is 0.895. The van der Waals surface area contributed by atoms with Crippen LogP contribution in [0, 0.1) is 20.2 Å². The minimum absolute atomic E-state index is 0.00384. The Labute approximate surface area is 132 Å². The van der Waals surface area contributed by atoms with Gasteiger partial charge in [0.1, 0.15) is 6.54 Å². The molecular formula is C12H12F3N3O6. The summed E-state index contributed by atoms with van der Waals surface area (Å²) >= 11 is 0. The van der Waals surface area contributed by atoms with Gasteiger partial charge >= 0.3 is 12.1 Å². The van der Waals surface area contributed by atoms with Crippen molar-refractivity contribution in [2.75, 3.05) is 25.1 Å². The number of likely N-dealkylation sites (N-methyl/N-ethyl adjacent to an activating group) is 1. The van der Waals surface area contributed by atoms with E-state index in [4.69, 9.17) is 0 Å². The molecule has 24 heavy (non-hydrogen) atoms. The van der Waals surface area contributed by atoms with Crippen molar-refractivity contribution < 1.29 is 32.5 Å². The Morgan fingerprint density at radius 2 is 1.67 bits per heavy atom. The molecule has 0 aliphatic rings. The van der Waals surface area contributed by atoms with Crippen molar-refractivity contribution in [3.8, 4) is 0 Å². The normalized spacial score (nSPS) is 11.0. The van der Waals surface area contributed by atoms with Crippen LogP contribution in [0.1, 0.15) is 12.5 Å². The molecule has 1 aromatic carbocycles. The summed E-state index contributed by atoms with van der Waals surface area (Å²) < 4.78 is 43.0. The van der Waals surface area contributed by atoms with Crippen molar-refractivity contribution in [1.82, 2.24) is 0 Å². The van der Waals surface area contributed by atoms with Gasteiger partial charge in [-0.2, -0.15) is 13.2 Å². The molecule has 1 aromatic rings. The highest BCUT2D eigenvalue weighted by molar-refractivity contribution is 5.82. The molecule has 0 aromatic heterocycles. The van der Waals surface area contributed by atoms with Crippen molar-refractivity contribution in [2.24, 2.45) is 0 Å². The van der Waals surface area contributed by atoms with Crippen molar-refractivity contribution in [1.29, 1.82) is 0 Å². The number of halogens is 3. The minimum Gasteiger partial charge on any atom is -0.465 e. The zero-order chi connectivity index (χ0) is 18.7. The summed E-state index contributed by atoms with van der Waals surface area (Å²) in [5.74, 6) is -0.844. The highest BCUT2D eigenvalue weighted by atomic mass is 19.4. The molecule has 0 saturated heterocycles. The number of nitrogens with zero attached hydrogens (tertiary/aromatic N) is 3. The number of nitro groups is 2.